The number of carbonyl (C=O) groups excluding carboxylic acids is 2. The van der Waals surface area contributed by atoms with Gasteiger partial charge in [-0.2, -0.15) is 0 Å². The zero-order valence-electron chi connectivity index (χ0n) is 28.3. The van der Waals surface area contributed by atoms with E-state index in [0.717, 1.165) is 27.6 Å². The van der Waals surface area contributed by atoms with Gasteiger partial charge in [-0.3, -0.25) is 14.3 Å². The number of carbonyl (C=O) groups is 2. The fourth-order valence-electron chi connectivity index (χ4n) is 6.87. The zero-order valence-corrected chi connectivity index (χ0v) is 28.3. The lowest BCUT2D eigenvalue weighted by Crippen LogP contribution is -2.44. The molecule has 3 atom stereocenters. The van der Waals surface area contributed by atoms with Gasteiger partial charge in [-0.1, -0.05) is 103 Å². The molecule has 0 aliphatic carbocycles. The largest absolute Gasteiger partial charge is 0.395 e. The molecule has 1 unspecified atom stereocenters. The summed E-state index contributed by atoms with van der Waals surface area (Å²) < 4.78 is 1.74. The summed E-state index contributed by atoms with van der Waals surface area (Å²) in [5.74, 6) is -1.25. The molecule has 0 fully saturated rings. The summed E-state index contributed by atoms with van der Waals surface area (Å²) in [6.45, 7) is 2.60. The summed E-state index contributed by atoms with van der Waals surface area (Å²) in [4.78, 5) is 31.7. The molecule has 7 rings (SSSR count). The van der Waals surface area contributed by atoms with Crippen LogP contribution in [0.3, 0.4) is 0 Å². The molecule has 4 N–H and O–H groups in total. The topological polar surface area (TPSA) is 136 Å². The van der Waals surface area contributed by atoms with Crippen molar-refractivity contribution in [1.29, 1.82) is 0 Å². The molecule has 1 aliphatic rings. The summed E-state index contributed by atoms with van der Waals surface area (Å²) in [6.07, 6.45) is 8.41. The minimum absolute atomic E-state index is 0.0676. The number of benzene rings is 4. The number of aliphatic hydroxyl groups excluding tert-OH is 1. The van der Waals surface area contributed by atoms with E-state index in [1.807, 2.05) is 135 Å². The first kappa shape index (κ1) is 33.6. The highest BCUT2D eigenvalue weighted by Gasteiger charge is 2.52. The van der Waals surface area contributed by atoms with E-state index in [1.54, 1.807) is 9.58 Å². The Hall–Kier alpha value is -5.84. The Morgan fingerprint density at radius 3 is 2.53 bits per heavy atom. The molecule has 1 aliphatic heterocycles. The van der Waals surface area contributed by atoms with Crippen LogP contribution in [0.25, 0.3) is 10.9 Å². The number of aryl methyl sites for hydroxylation is 1. The van der Waals surface area contributed by atoms with Crippen LogP contribution in [0.4, 0.5) is 11.4 Å². The molecule has 0 radical (unpaired) electrons. The number of nitrogens with one attached hydrogen (secondary N) is 2. The SMILES string of the molecule is C[C@H](/C=C/CCn1cc(C(CO)c2ccccc2)nn1)[C@@]1(O)C(=O)N(Cc2ccc(NC(=O)Cc3c[nH]c4ccccc34)cc2)c2ccccc21. The van der Waals surface area contributed by atoms with E-state index in [0.29, 0.717) is 35.6 Å². The number of anilines is 2. The van der Waals surface area contributed by atoms with E-state index in [2.05, 4.69) is 20.6 Å². The van der Waals surface area contributed by atoms with Gasteiger partial charge in [-0.15, -0.1) is 5.10 Å². The first-order valence-corrected chi connectivity index (χ1v) is 17.1. The fraction of sp³-hybridized carbons (Fsp3) is 0.220. The number of hydrogen-bond acceptors (Lipinski definition) is 6. The van der Waals surface area contributed by atoms with Gasteiger partial charge in [0.25, 0.3) is 5.91 Å². The Morgan fingerprint density at radius 1 is 0.980 bits per heavy atom. The normalized spacial score (nSPS) is 16.8. The maximum atomic E-state index is 14.0. The Bertz CT molecular complexity index is 2170. The lowest BCUT2D eigenvalue weighted by atomic mass is 9.83. The molecule has 3 heterocycles. The maximum Gasteiger partial charge on any atom is 0.264 e. The van der Waals surface area contributed by atoms with Crippen LogP contribution in [0.1, 0.15) is 47.2 Å². The molecule has 4 aromatic carbocycles. The number of fused-ring (bicyclic) bond motifs is 2. The number of allylic oxidation sites excluding steroid dienone is 1. The van der Waals surface area contributed by atoms with Crippen molar-refractivity contribution >= 4 is 34.1 Å². The monoisotopic (exact) mass is 680 g/mol. The fourth-order valence-corrected chi connectivity index (χ4v) is 6.87. The molecule has 0 spiro atoms. The molecule has 10 heteroatoms. The summed E-state index contributed by atoms with van der Waals surface area (Å²) in [5, 5.41) is 34.5. The Balaban J connectivity index is 0.976. The van der Waals surface area contributed by atoms with Crippen molar-refractivity contribution in [3.8, 4) is 0 Å². The average Bonchev–Trinajstić information content (AvgIpc) is 3.85. The second kappa shape index (κ2) is 14.6. The van der Waals surface area contributed by atoms with Gasteiger partial charge in [0.2, 0.25) is 5.91 Å². The first-order chi connectivity index (χ1) is 24.8. The van der Waals surface area contributed by atoms with E-state index >= 15 is 0 Å². The van der Waals surface area contributed by atoms with Gasteiger partial charge in [0.1, 0.15) is 0 Å². The van der Waals surface area contributed by atoms with Gasteiger partial charge in [0.15, 0.2) is 5.60 Å². The van der Waals surface area contributed by atoms with Crippen LogP contribution in [0.2, 0.25) is 0 Å². The average molecular weight is 681 g/mol. The van der Waals surface area contributed by atoms with Gasteiger partial charge in [0, 0.05) is 47.0 Å². The highest BCUT2D eigenvalue weighted by atomic mass is 16.3. The van der Waals surface area contributed by atoms with E-state index < -0.39 is 11.5 Å². The molecular formula is C41H40N6O4. The molecule has 2 aromatic heterocycles. The minimum atomic E-state index is -1.73. The van der Waals surface area contributed by atoms with E-state index in [1.165, 1.54) is 0 Å². The number of rotatable bonds is 13. The van der Waals surface area contributed by atoms with Crippen LogP contribution >= 0.6 is 0 Å². The second-order valence-corrected chi connectivity index (χ2v) is 13.0. The maximum absolute atomic E-state index is 14.0. The van der Waals surface area contributed by atoms with Crippen LogP contribution in [0.15, 0.2) is 128 Å². The first-order valence-electron chi connectivity index (χ1n) is 17.1. The number of aromatic nitrogens is 4. The quantitative estimate of drug-likeness (QED) is 0.109. The van der Waals surface area contributed by atoms with Crippen molar-refractivity contribution in [1.82, 2.24) is 20.0 Å². The molecule has 0 saturated carbocycles. The van der Waals surface area contributed by atoms with Gasteiger partial charge in [-0.25, -0.2) is 0 Å². The summed E-state index contributed by atoms with van der Waals surface area (Å²) in [7, 11) is 0. The number of hydrogen-bond donors (Lipinski definition) is 4. The van der Waals surface area contributed by atoms with Crippen molar-refractivity contribution in [3.63, 3.8) is 0 Å². The Kier molecular flexibility index (Phi) is 9.61. The minimum Gasteiger partial charge on any atom is -0.395 e. The number of H-pyrrole nitrogens is 1. The predicted molar refractivity (Wildman–Crippen MR) is 197 cm³/mol. The van der Waals surface area contributed by atoms with Crippen molar-refractivity contribution in [3.05, 3.63) is 156 Å². The van der Waals surface area contributed by atoms with Crippen LogP contribution in [-0.4, -0.2) is 48.6 Å². The third kappa shape index (κ3) is 6.84. The summed E-state index contributed by atoms with van der Waals surface area (Å²) >= 11 is 0. The van der Waals surface area contributed by atoms with Gasteiger partial charge in [0.05, 0.1) is 36.9 Å². The van der Waals surface area contributed by atoms with Gasteiger partial charge >= 0.3 is 0 Å². The zero-order chi connectivity index (χ0) is 35.4. The molecule has 258 valence electrons. The Morgan fingerprint density at radius 2 is 1.73 bits per heavy atom. The predicted octanol–water partition coefficient (Wildman–Crippen LogP) is 6.08. The number of aliphatic hydroxyl groups is 2. The van der Waals surface area contributed by atoms with Gasteiger partial charge < -0.3 is 25.4 Å². The molecule has 2 amide bonds. The standard InChI is InChI=1S/C41H40N6O4/c1-28(11-9-10-22-46-26-37(44-45-46)34(27-48)30-12-3-2-4-13-30)41(51)35-15-6-8-17-38(35)47(40(41)50)25-29-18-20-32(21-19-29)43-39(49)23-31-24-42-36-16-7-5-14-33(31)36/h2-9,11-21,24,26,28,34,42,48,51H,10,22-23,25,27H2,1H3,(H,43,49)/b11-9+/t28-,34?,41+/m1/s1. The van der Waals surface area contributed by atoms with Crippen LogP contribution in [-0.2, 0) is 34.7 Å². The summed E-state index contributed by atoms with van der Waals surface area (Å²) in [6, 6.07) is 32.4. The summed E-state index contributed by atoms with van der Waals surface area (Å²) in [5.41, 5.74) is 4.65. The second-order valence-electron chi connectivity index (χ2n) is 13.0. The number of nitrogens with zero attached hydrogens (tertiary/aromatic N) is 4. The van der Waals surface area contributed by atoms with Crippen molar-refractivity contribution in [2.45, 2.75) is 44.4 Å². The lowest BCUT2D eigenvalue weighted by Gasteiger charge is -2.27. The van der Waals surface area contributed by atoms with Crippen molar-refractivity contribution in [2.24, 2.45) is 5.92 Å². The number of amides is 2. The van der Waals surface area contributed by atoms with Crippen molar-refractivity contribution < 1.29 is 19.8 Å². The molecule has 6 aromatic rings. The highest BCUT2D eigenvalue weighted by molar-refractivity contribution is 6.07. The number of para-hydroxylation sites is 2. The van der Waals surface area contributed by atoms with Crippen LogP contribution < -0.4 is 10.2 Å². The number of aromatic amines is 1. The molecule has 51 heavy (non-hydrogen) atoms. The van der Waals surface area contributed by atoms with Crippen molar-refractivity contribution in [2.75, 3.05) is 16.8 Å². The third-order valence-corrected chi connectivity index (χ3v) is 9.69. The molecular weight excluding hydrogens is 640 g/mol. The van der Waals surface area contributed by atoms with E-state index in [-0.39, 0.29) is 37.3 Å². The molecule has 10 nitrogen and oxygen atoms in total. The van der Waals surface area contributed by atoms with Crippen LogP contribution in [0, 0.1) is 5.92 Å². The van der Waals surface area contributed by atoms with Gasteiger partial charge in [-0.05, 0) is 47.4 Å². The van der Waals surface area contributed by atoms with Crippen LogP contribution in [0.5, 0.6) is 0 Å². The smallest absolute Gasteiger partial charge is 0.264 e. The lowest BCUT2D eigenvalue weighted by molar-refractivity contribution is -0.139. The van der Waals surface area contributed by atoms with E-state index in [4.69, 9.17) is 0 Å². The van der Waals surface area contributed by atoms with E-state index in [9.17, 15) is 19.8 Å². The molecule has 0 bridgehead atoms. The molecule has 0 saturated heterocycles. The third-order valence-electron chi connectivity index (χ3n) is 9.69. The Labute approximate surface area is 296 Å². The highest BCUT2D eigenvalue weighted by Crippen LogP contribution is 2.45.